The number of carbonyl (C=O) groups is 1. The first-order valence-electron chi connectivity index (χ1n) is 8.66. The van der Waals surface area contributed by atoms with Gasteiger partial charge in [0.1, 0.15) is 5.82 Å². The van der Waals surface area contributed by atoms with Crippen LogP contribution in [0.25, 0.3) is 6.08 Å². The fourth-order valence-corrected chi connectivity index (χ4v) is 3.05. The zero-order valence-corrected chi connectivity index (χ0v) is 15.4. The summed E-state index contributed by atoms with van der Waals surface area (Å²) < 4.78 is 29.2. The van der Waals surface area contributed by atoms with Crippen LogP contribution in [0.15, 0.2) is 48.5 Å². The maximum Gasteiger partial charge on any atom is 0.247 e. The van der Waals surface area contributed by atoms with Crippen molar-refractivity contribution in [2.24, 2.45) is 0 Å². The van der Waals surface area contributed by atoms with Crippen LogP contribution in [0.2, 0.25) is 0 Å². The van der Waals surface area contributed by atoms with Crippen molar-refractivity contribution in [3.05, 3.63) is 65.5 Å². The Morgan fingerprint density at radius 1 is 1.15 bits per heavy atom. The zero-order valence-electron chi connectivity index (χ0n) is 15.4. The van der Waals surface area contributed by atoms with Crippen molar-refractivity contribution in [3.63, 3.8) is 0 Å². The van der Waals surface area contributed by atoms with Gasteiger partial charge in [-0.3, -0.25) is 4.79 Å². The van der Waals surface area contributed by atoms with Gasteiger partial charge in [-0.05, 0) is 41.5 Å². The van der Waals surface area contributed by atoms with E-state index in [0.717, 1.165) is 11.1 Å². The molecule has 0 spiro atoms. The molecule has 1 aliphatic rings. The molecule has 0 radical (unpaired) electrons. The molecule has 1 aliphatic heterocycles. The molecule has 2 aromatic carbocycles. The van der Waals surface area contributed by atoms with Crippen LogP contribution in [0.5, 0.6) is 11.5 Å². The van der Waals surface area contributed by atoms with Gasteiger partial charge in [0.2, 0.25) is 5.91 Å². The Labute approximate surface area is 158 Å². The summed E-state index contributed by atoms with van der Waals surface area (Å²) in [6, 6.07) is 11.4. The van der Waals surface area contributed by atoms with Crippen molar-refractivity contribution in [1.29, 1.82) is 0 Å². The Hall–Kier alpha value is -2.86. The van der Waals surface area contributed by atoms with Gasteiger partial charge in [-0.2, -0.15) is 0 Å². The Morgan fingerprint density at radius 2 is 1.89 bits per heavy atom. The predicted molar refractivity (Wildman–Crippen MR) is 100 cm³/mol. The van der Waals surface area contributed by atoms with Crippen molar-refractivity contribution in [3.8, 4) is 11.5 Å². The number of morpholine rings is 1. The van der Waals surface area contributed by atoms with Crippen molar-refractivity contribution < 1.29 is 23.4 Å². The van der Waals surface area contributed by atoms with Gasteiger partial charge in [0, 0.05) is 12.6 Å². The monoisotopic (exact) mass is 371 g/mol. The van der Waals surface area contributed by atoms with E-state index in [1.807, 2.05) is 6.07 Å². The summed E-state index contributed by atoms with van der Waals surface area (Å²) in [5.74, 6) is 0.803. The fraction of sp³-hybridized carbons (Fsp3) is 0.286. The van der Waals surface area contributed by atoms with E-state index in [1.165, 1.54) is 18.2 Å². The third-order valence-corrected chi connectivity index (χ3v) is 4.49. The van der Waals surface area contributed by atoms with E-state index in [-0.39, 0.29) is 17.8 Å². The molecule has 1 amide bonds. The molecular weight excluding hydrogens is 349 g/mol. The summed E-state index contributed by atoms with van der Waals surface area (Å²) in [5, 5.41) is 0. The third-order valence-electron chi connectivity index (χ3n) is 4.49. The molecule has 0 aliphatic carbocycles. The van der Waals surface area contributed by atoms with Gasteiger partial charge >= 0.3 is 0 Å². The largest absolute Gasteiger partial charge is 0.493 e. The predicted octanol–water partition coefficient (Wildman–Crippen LogP) is 3.46. The van der Waals surface area contributed by atoms with Crippen molar-refractivity contribution in [2.45, 2.75) is 6.04 Å². The number of carbonyl (C=O) groups excluding carboxylic acids is 1. The average molecular weight is 371 g/mol. The van der Waals surface area contributed by atoms with Crippen LogP contribution in [-0.4, -0.2) is 44.8 Å². The zero-order chi connectivity index (χ0) is 19.2. The number of rotatable bonds is 5. The summed E-state index contributed by atoms with van der Waals surface area (Å²) in [6.07, 6.45) is 3.27. The minimum Gasteiger partial charge on any atom is -0.493 e. The van der Waals surface area contributed by atoms with E-state index >= 15 is 0 Å². The lowest BCUT2D eigenvalue weighted by Crippen LogP contribution is -2.42. The summed E-state index contributed by atoms with van der Waals surface area (Å²) in [4.78, 5) is 14.5. The number of nitrogens with zero attached hydrogens (tertiary/aromatic N) is 1. The van der Waals surface area contributed by atoms with Crippen LogP contribution < -0.4 is 9.47 Å². The second-order valence-electron chi connectivity index (χ2n) is 6.12. The minimum absolute atomic E-state index is 0.123. The molecule has 5 nitrogen and oxygen atoms in total. The molecule has 3 rings (SSSR count). The maximum atomic E-state index is 13.2. The lowest BCUT2D eigenvalue weighted by molar-refractivity contribution is -0.134. The standard InChI is InChI=1S/C21H22FNO4/c1-25-19-9-3-15(13-20(19)26-2)4-10-21(24)23-11-12-27-14-18(23)16-5-7-17(22)8-6-16/h3-10,13,18H,11-12,14H2,1-2H3. The van der Waals surface area contributed by atoms with E-state index in [4.69, 9.17) is 14.2 Å². The number of halogens is 1. The van der Waals surface area contributed by atoms with Crippen molar-refractivity contribution in [2.75, 3.05) is 34.0 Å². The van der Waals surface area contributed by atoms with Gasteiger partial charge in [0.15, 0.2) is 11.5 Å². The molecule has 142 valence electrons. The number of benzene rings is 2. The molecule has 0 aromatic heterocycles. The fourth-order valence-electron chi connectivity index (χ4n) is 3.05. The molecule has 1 atom stereocenters. The Balaban J connectivity index is 1.77. The van der Waals surface area contributed by atoms with Gasteiger partial charge in [-0.15, -0.1) is 0 Å². The molecule has 0 N–H and O–H groups in total. The highest BCUT2D eigenvalue weighted by atomic mass is 19.1. The smallest absolute Gasteiger partial charge is 0.247 e. The molecule has 1 heterocycles. The third kappa shape index (κ3) is 4.46. The van der Waals surface area contributed by atoms with Crippen molar-refractivity contribution >= 4 is 12.0 Å². The summed E-state index contributed by atoms with van der Waals surface area (Å²) in [7, 11) is 3.14. The van der Waals surface area contributed by atoms with Crippen LogP contribution in [0.1, 0.15) is 17.2 Å². The first kappa shape index (κ1) is 18.9. The normalized spacial score (nSPS) is 17.1. The topological polar surface area (TPSA) is 48.0 Å². The first-order valence-corrected chi connectivity index (χ1v) is 8.66. The van der Waals surface area contributed by atoms with Gasteiger partial charge < -0.3 is 19.1 Å². The lowest BCUT2D eigenvalue weighted by Gasteiger charge is -2.35. The Kier molecular flexibility index (Phi) is 6.08. The van der Waals surface area contributed by atoms with Crippen molar-refractivity contribution in [1.82, 2.24) is 4.90 Å². The molecule has 0 saturated carbocycles. The second kappa shape index (κ2) is 8.68. The highest BCUT2D eigenvalue weighted by Crippen LogP contribution is 2.28. The van der Waals surface area contributed by atoms with Gasteiger partial charge in [-0.1, -0.05) is 18.2 Å². The second-order valence-corrected chi connectivity index (χ2v) is 6.12. The molecular formula is C21H22FNO4. The summed E-state index contributed by atoms with van der Waals surface area (Å²) >= 11 is 0. The maximum absolute atomic E-state index is 13.2. The number of ether oxygens (including phenoxy) is 3. The van der Waals surface area contributed by atoms with E-state index in [0.29, 0.717) is 31.3 Å². The van der Waals surface area contributed by atoms with Crippen LogP contribution in [0.4, 0.5) is 4.39 Å². The molecule has 1 fully saturated rings. The number of hydrogen-bond acceptors (Lipinski definition) is 4. The summed E-state index contributed by atoms with van der Waals surface area (Å²) in [6.45, 7) is 1.35. The average Bonchev–Trinajstić information content (AvgIpc) is 2.72. The van der Waals surface area contributed by atoms with E-state index in [2.05, 4.69) is 0 Å². The van der Waals surface area contributed by atoms with Crippen LogP contribution in [0.3, 0.4) is 0 Å². The first-order chi connectivity index (χ1) is 13.1. The van der Waals surface area contributed by atoms with Gasteiger partial charge in [0.05, 0.1) is 33.5 Å². The number of hydrogen-bond donors (Lipinski definition) is 0. The number of amides is 1. The molecule has 2 aromatic rings. The molecule has 0 bridgehead atoms. The van der Waals surface area contributed by atoms with Crippen LogP contribution in [0, 0.1) is 5.82 Å². The molecule has 6 heteroatoms. The minimum atomic E-state index is -0.304. The SMILES string of the molecule is COc1ccc(C=CC(=O)N2CCOCC2c2ccc(F)cc2)cc1OC. The molecule has 27 heavy (non-hydrogen) atoms. The van der Waals surface area contributed by atoms with Crippen LogP contribution in [-0.2, 0) is 9.53 Å². The highest BCUT2D eigenvalue weighted by molar-refractivity contribution is 5.92. The number of methoxy groups -OCH3 is 2. The summed E-state index contributed by atoms with van der Waals surface area (Å²) in [5.41, 5.74) is 1.68. The van der Waals surface area contributed by atoms with Gasteiger partial charge in [0.25, 0.3) is 0 Å². The van der Waals surface area contributed by atoms with E-state index in [1.54, 1.807) is 49.5 Å². The van der Waals surface area contributed by atoms with E-state index < -0.39 is 0 Å². The Morgan fingerprint density at radius 3 is 2.59 bits per heavy atom. The van der Waals surface area contributed by atoms with E-state index in [9.17, 15) is 9.18 Å². The molecule has 1 saturated heterocycles. The lowest BCUT2D eigenvalue weighted by atomic mass is 10.0. The van der Waals surface area contributed by atoms with Gasteiger partial charge in [-0.25, -0.2) is 4.39 Å². The highest BCUT2D eigenvalue weighted by Gasteiger charge is 2.27. The molecule has 1 unspecified atom stereocenters. The quantitative estimate of drug-likeness (QED) is 0.756. The van der Waals surface area contributed by atoms with Crippen LogP contribution >= 0.6 is 0 Å². The Bertz CT molecular complexity index is 819.